The third kappa shape index (κ3) is 2.91. The van der Waals surface area contributed by atoms with Gasteiger partial charge in [-0.05, 0) is 54.9 Å². The SMILES string of the molecule is C=C1c2ccc(CCC)cc2CCN1C(O)N1CCC2=C1C=CCC2. The molecule has 1 aliphatic carbocycles. The van der Waals surface area contributed by atoms with E-state index >= 15 is 0 Å². The van der Waals surface area contributed by atoms with Crippen LogP contribution in [0.5, 0.6) is 0 Å². The van der Waals surface area contributed by atoms with Gasteiger partial charge in [-0.15, -0.1) is 0 Å². The molecule has 0 spiro atoms. The molecule has 25 heavy (non-hydrogen) atoms. The fraction of sp³-hybridized carbons (Fsp3) is 0.455. The highest BCUT2D eigenvalue weighted by atomic mass is 16.3. The van der Waals surface area contributed by atoms with Gasteiger partial charge in [-0.3, -0.25) is 0 Å². The molecule has 1 atom stereocenters. The lowest BCUT2D eigenvalue weighted by atomic mass is 9.94. The van der Waals surface area contributed by atoms with Gasteiger partial charge in [0, 0.05) is 30.0 Å². The molecule has 1 unspecified atom stereocenters. The summed E-state index contributed by atoms with van der Waals surface area (Å²) in [6.45, 7) is 8.26. The van der Waals surface area contributed by atoms with Crippen LogP contribution in [0.25, 0.3) is 5.70 Å². The van der Waals surface area contributed by atoms with E-state index in [2.05, 4.69) is 53.7 Å². The monoisotopic (exact) mass is 336 g/mol. The van der Waals surface area contributed by atoms with Gasteiger partial charge in [0.1, 0.15) is 0 Å². The highest BCUT2D eigenvalue weighted by Crippen LogP contribution is 2.36. The summed E-state index contributed by atoms with van der Waals surface area (Å²) in [4.78, 5) is 4.22. The molecule has 2 heterocycles. The number of benzene rings is 1. The van der Waals surface area contributed by atoms with Crippen LogP contribution < -0.4 is 0 Å². The number of nitrogens with zero attached hydrogens (tertiary/aromatic N) is 2. The van der Waals surface area contributed by atoms with Crippen LogP contribution in [-0.2, 0) is 12.8 Å². The van der Waals surface area contributed by atoms with Crippen molar-refractivity contribution in [3.63, 3.8) is 0 Å². The molecular formula is C22H28N2O. The van der Waals surface area contributed by atoms with Crippen molar-refractivity contribution in [1.29, 1.82) is 0 Å². The lowest BCUT2D eigenvalue weighted by Gasteiger charge is -2.41. The van der Waals surface area contributed by atoms with Crippen molar-refractivity contribution in [3.8, 4) is 0 Å². The normalized spacial score (nSPS) is 20.8. The Labute approximate surface area is 150 Å². The van der Waals surface area contributed by atoms with Crippen molar-refractivity contribution in [2.45, 2.75) is 51.8 Å². The molecule has 3 heteroatoms. The Morgan fingerprint density at radius 2 is 2.00 bits per heavy atom. The Morgan fingerprint density at radius 1 is 1.16 bits per heavy atom. The molecule has 3 nitrogen and oxygen atoms in total. The van der Waals surface area contributed by atoms with Gasteiger partial charge in [0.25, 0.3) is 0 Å². The molecule has 0 saturated carbocycles. The molecule has 2 aliphatic heterocycles. The van der Waals surface area contributed by atoms with Crippen LogP contribution in [-0.4, -0.2) is 34.3 Å². The zero-order chi connectivity index (χ0) is 17.4. The Kier molecular flexibility index (Phi) is 4.43. The van der Waals surface area contributed by atoms with E-state index in [9.17, 15) is 5.11 Å². The number of rotatable bonds is 4. The van der Waals surface area contributed by atoms with Crippen molar-refractivity contribution in [3.05, 3.63) is 64.9 Å². The van der Waals surface area contributed by atoms with E-state index in [0.717, 1.165) is 50.9 Å². The Balaban J connectivity index is 1.55. The molecule has 0 bridgehead atoms. The van der Waals surface area contributed by atoms with Gasteiger partial charge in [-0.25, -0.2) is 0 Å². The van der Waals surface area contributed by atoms with Crippen molar-refractivity contribution in [1.82, 2.24) is 9.80 Å². The standard InChI is InChI=1S/C22H28N2O/c1-3-6-17-9-10-20-16(2)23(13-12-19(20)15-17)22(25)24-14-11-18-7-4-5-8-21(18)24/h5,8-10,15,22,25H,2-4,6-7,11-14H2,1H3. The van der Waals surface area contributed by atoms with Crippen LogP contribution in [0.3, 0.4) is 0 Å². The minimum absolute atomic E-state index is 0.619. The van der Waals surface area contributed by atoms with Crippen molar-refractivity contribution >= 4 is 5.70 Å². The molecule has 1 N–H and O–H groups in total. The first-order valence-corrected chi connectivity index (χ1v) is 9.60. The lowest BCUT2D eigenvalue weighted by Crippen LogP contribution is -2.48. The summed E-state index contributed by atoms with van der Waals surface area (Å²) >= 11 is 0. The van der Waals surface area contributed by atoms with Gasteiger partial charge in [-0.2, -0.15) is 0 Å². The fourth-order valence-corrected chi connectivity index (χ4v) is 4.40. The third-order valence-electron chi connectivity index (χ3n) is 5.76. The van der Waals surface area contributed by atoms with Gasteiger partial charge in [0.2, 0.25) is 6.35 Å². The second-order valence-electron chi connectivity index (χ2n) is 7.35. The zero-order valence-electron chi connectivity index (χ0n) is 15.2. The number of aliphatic hydroxyl groups is 1. The molecule has 3 aliphatic rings. The van der Waals surface area contributed by atoms with Gasteiger partial charge in [0.15, 0.2) is 0 Å². The number of hydrogen-bond acceptors (Lipinski definition) is 3. The fourth-order valence-electron chi connectivity index (χ4n) is 4.40. The summed E-state index contributed by atoms with van der Waals surface area (Å²) in [6.07, 6.45) is 10.4. The quantitative estimate of drug-likeness (QED) is 0.898. The summed E-state index contributed by atoms with van der Waals surface area (Å²) in [6, 6.07) is 6.73. The maximum Gasteiger partial charge on any atom is 0.207 e. The van der Waals surface area contributed by atoms with E-state index in [0.29, 0.717) is 0 Å². The van der Waals surface area contributed by atoms with Crippen LogP contribution in [0.4, 0.5) is 0 Å². The van der Waals surface area contributed by atoms with Gasteiger partial charge < -0.3 is 14.9 Å². The topological polar surface area (TPSA) is 26.7 Å². The summed E-state index contributed by atoms with van der Waals surface area (Å²) < 4.78 is 0. The summed E-state index contributed by atoms with van der Waals surface area (Å²) in [5.74, 6) is 0. The Morgan fingerprint density at radius 3 is 2.84 bits per heavy atom. The smallest absolute Gasteiger partial charge is 0.207 e. The highest BCUT2D eigenvalue weighted by Gasteiger charge is 2.33. The average Bonchev–Trinajstić information content (AvgIpc) is 3.06. The zero-order valence-corrected chi connectivity index (χ0v) is 15.2. The average molecular weight is 336 g/mol. The van der Waals surface area contributed by atoms with Crippen LogP contribution in [0.2, 0.25) is 0 Å². The molecular weight excluding hydrogens is 308 g/mol. The number of aliphatic hydroxyl groups excluding tert-OH is 1. The number of allylic oxidation sites excluding steroid dienone is 2. The van der Waals surface area contributed by atoms with E-state index in [1.54, 1.807) is 0 Å². The van der Waals surface area contributed by atoms with Crippen molar-refractivity contribution in [2.75, 3.05) is 13.1 Å². The number of hydrogen-bond donors (Lipinski definition) is 1. The van der Waals surface area contributed by atoms with Crippen molar-refractivity contribution in [2.24, 2.45) is 0 Å². The maximum absolute atomic E-state index is 11.1. The minimum Gasteiger partial charge on any atom is -0.356 e. The predicted molar refractivity (Wildman–Crippen MR) is 103 cm³/mol. The molecule has 0 amide bonds. The Bertz CT molecular complexity index is 746. The Hall–Kier alpha value is -2.00. The number of aryl methyl sites for hydroxylation is 1. The third-order valence-corrected chi connectivity index (χ3v) is 5.76. The van der Waals surface area contributed by atoms with E-state index < -0.39 is 6.35 Å². The summed E-state index contributed by atoms with van der Waals surface area (Å²) in [7, 11) is 0. The van der Waals surface area contributed by atoms with E-state index in [-0.39, 0.29) is 0 Å². The van der Waals surface area contributed by atoms with E-state index in [1.807, 2.05) is 0 Å². The molecule has 1 aromatic rings. The molecule has 0 radical (unpaired) electrons. The lowest BCUT2D eigenvalue weighted by molar-refractivity contribution is -0.0619. The minimum atomic E-state index is -0.619. The number of fused-ring (bicyclic) bond motifs is 1. The van der Waals surface area contributed by atoms with Gasteiger partial charge in [-0.1, -0.05) is 44.2 Å². The molecule has 1 aromatic carbocycles. The maximum atomic E-state index is 11.1. The van der Waals surface area contributed by atoms with Gasteiger partial charge >= 0.3 is 0 Å². The van der Waals surface area contributed by atoms with Crippen LogP contribution in [0, 0.1) is 0 Å². The molecule has 0 saturated heterocycles. The second kappa shape index (κ2) is 6.72. The van der Waals surface area contributed by atoms with E-state index in [4.69, 9.17) is 0 Å². The molecule has 132 valence electrons. The first kappa shape index (κ1) is 16.5. The first-order valence-electron chi connectivity index (χ1n) is 9.60. The summed E-state index contributed by atoms with van der Waals surface area (Å²) in [5.41, 5.74) is 7.65. The van der Waals surface area contributed by atoms with E-state index in [1.165, 1.54) is 34.4 Å². The highest BCUT2D eigenvalue weighted by molar-refractivity contribution is 5.67. The molecule has 0 fully saturated rings. The predicted octanol–water partition coefficient (Wildman–Crippen LogP) is 4.05. The first-order chi connectivity index (χ1) is 12.2. The second-order valence-corrected chi connectivity index (χ2v) is 7.35. The molecule has 4 rings (SSSR count). The van der Waals surface area contributed by atoms with Crippen LogP contribution >= 0.6 is 0 Å². The summed E-state index contributed by atoms with van der Waals surface area (Å²) in [5, 5.41) is 11.1. The van der Waals surface area contributed by atoms with Gasteiger partial charge in [0.05, 0.1) is 0 Å². The van der Waals surface area contributed by atoms with Crippen LogP contribution in [0.15, 0.2) is 48.2 Å². The largest absolute Gasteiger partial charge is 0.356 e. The van der Waals surface area contributed by atoms with Crippen LogP contribution in [0.1, 0.15) is 49.3 Å². The molecule has 0 aromatic heterocycles. The van der Waals surface area contributed by atoms with Crippen molar-refractivity contribution < 1.29 is 5.11 Å².